The number of fused-ring (bicyclic) bond motifs is 1. The molecule has 1 aliphatic rings. The molecule has 0 bridgehead atoms. The van der Waals surface area contributed by atoms with Crippen LogP contribution < -0.4 is 0 Å². The summed E-state index contributed by atoms with van der Waals surface area (Å²) < 4.78 is 12.8. The van der Waals surface area contributed by atoms with Gasteiger partial charge >= 0.3 is 0 Å². The monoisotopic (exact) mass is 268 g/mol. The van der Waals surface area contributed by atoms with Gasteiger partial charge in [0.25, 0.3) is 0 Å². The van der Waals surface area contributed by atoms with E-state index >= 15 is 0 Å². The summed E-state index contributed by atoms with van der Waals surface area (Å²) in [4.78, 5) is 12.1. The van der Waals surface area contributed by atoms with Crippen LogP contribution in [0.4, 0.5) is 4.39 Å². The van der Waals surface area contributed by atoms with Crippen molar-refractivity contribution in [1.29, 1.82) is 0 Å². The zero-order chi connectivity index (χ0) is 13.9. The number of hydrogen-bond donors (Lipinski definition) is 0. The van der Waals surface area contributed by atoms with Crippen LogP contribution in [0.25, 0.3) is 0 Å². The number of halogens is 1. The quantitative estimate of drug-likeness (QED) is 0.827. The summed E-state index contributed by atoms with van der Waals surface area (Å²) in [5.41, 5.74) is 4.80. The molecular formula is C18H17FO. The number of ketones is 1. The van der Waals surface area contributed by atoms with Gasteiger partial charge in [-0.05, 0) is 53.6 Å². The Kier molecular flexibility index (Phi) is 3.64. The van der Waals surface area contributed by atoms with Crippen LogP contribution in [0, 0.1) is 5.82 Å². The van der Waals surface area contributed by atoms with Crippen molar-refractivity contribution in [1.82, 2.24) is 0 Å². The van der Waals surface area contributed by atoms with E-state index in [4.69, 9.17) is 0 Å². The van der Waals surface area contributed by atoms with Crippen molar-refractivity contribution in [3.05, 3.63) is 70.5 Å². The molecule has 0 saturated carbocycles. The van der Waals surface area contributed by atoms with Crippen molar-refractivity contribution < 1.29 is 9.18 Å². The molecule has 0 fully saturated rings. The average molecular weight is 268 g/mol. The summed E-state index contributed by atoms with van der Waals surface area (Å²) in [7, 11) is 0. The first-order valence-corrected chi connectivity index (χ1v) is 7.07. The van der Waals surface area contributed by atoms with E-state index in [-0.39, 0.29) is 11.6 Å². The maximum absolute atomic E-state index is 12.8. The predicted octanol–water partition coefficient (Wildman–Crippen LogP) is 3.67. The van der Waals surface area contributed by atoms with E-state index in [9.17, 15) is 9.18 Å². The molecule has 0 saturated heterocycles. The van der Waals surface area contributed by atoms with Crippen LogP contribution in [0.2, 0.25) is 0 Å². The Morgan fingerprint density at radius 2 is 1.55 bits per heavy atom. The highest BCUT2D eigenvalue weighted by Gasteiger charge is 2.12. The maximum atomic E-state index is 12.8. The molecule has 0 aliphatic heterocycles. The topological polar surface area (TPSA) is 17.1 Å². The van der Waals surface area contributed by atoms with E-state index < -0.39 is 0 Å². The molecule has 0 N–H and O–H groups in total. The number of aryl methyl sites for hydroxylation is 2. The van der Waals surface area contributed by atoms with Gasteiger partial charge in [-0.25, -0.2) is 4.39 Å². The van der Waals surface area contributed by atoms with Crippen LogP contribution in [0.5, 0.6) is 0 Å². The van der Waals surface area contributed by atoms with Gasteiger partial charge in [0.15, 0.2) is 0 Å². The second-order valence-corrected chi connectivity index (χ2v) is 5.48. The van der Waals surface area contributed by atoms with Crippen molar-refractivity contribution in [2.75, 3.05) is 0 Å². The van der Waals surface area contributed by atoms with E-state index in [0.29, 0.717) is 12.8 Å². The molecule has 102 valence electrons. The third-order valence-corrected chi connectivity index (χ3v) is 3.88. The molecule has 0 radical (unpaired) electrons. The minimum Gasteiger partial charge on any atom is -0.299 e. The molecule has 2 heteroatoms. The summed E-state index contributed by atoms with van der Waals surface area (Å²) in [5, 5.41) is 0. The van der Waals surface area contributed by atoms with Gasteiger partial charge < -0.3 is 0 Å². The van der Waals surface area contributed by atoms with Gasteiger partial charge in [-0.2, -0.15) is 0 Å². The van der Waals surface area contributed by atoms with Crippen LogP contribution >= 0.6 is 0 Å². The van der Waals surface area contributed by atoms with Gasteiger partial charge in [-0.3, -0.25) is 4.79 Å². The molecule has 2 aromatic carbocycles. The molecule has 0 unspecified atom stereocenters. The fraction of sp³-hybridized carbons (Fsp3) is 0.278. The van der Waals surface area contributed by atoms with Gasteiger partial charge in [-0.1, -0.05) is 30.3 Å². The van der Waals surface area contributed by atoms with Crippen molar-refractivity contribution in [3.8, 4) is 0 Å². The molecule has 3 rings (SSSR count). The number of Topliss-reactive ketones (excluding diaryl/α,β-unsaturated/α-hetero) is 1. The highest BCUT2D eigenvalue weighted by atomic mass is 19.1. The third-order valence-electron chi connectivity index (χ3n) is 3.88. The Labute approximate surface area is 118 Å². The average Bonchev–Trinajstić information content (AvgIpc) is 2.89. The standard InChI is InChI=1S/C18H17FO/c19-17-8-5-13(6-9-17)11-18(20)12-14-4-7-15-2-1-3-16(15)10-14/h4-10H,1-3,11-12H2. The lowest BCUT2D eigenvalue weighted by molar-refractivity contribution is -0.117. The molecule has 0 heterocycles. The first-order valence-electron chi connectivity index (χ1n) is 7.07. The van der Waals surface area contributed by atoms with Crippen LogP contribution in [-0.4, -0.2) is 5.78 Å². The Morgan fingerprint density at radius 1 is 0.900 bits per heavy atom. The van der Waals surface area contributed by atoms with E-state index in [1.54, 1.807) is 12.1 Å². The predicted molar refractivity (Wildman–Crippen MR) is 77.3 cm³/mol. The Bertz CT molecular complexity index is 628. The number of hydrogen-bond acceptors (Lipinski definition) is 1. The first kappa shape index (κ1) is 13.0. The Balaban J connectivity index is 1.65. The molecule has 0 spiro atoms. The summed E-state index contributed by atoms with van der Waals surface area (Å²) >= 11 is 0. The summed E-state index contributed by atoms with van der Waals surface area (Å²) in [6.07, 6.45) is 4.36. The van der Waals surface area contributed by atoms with E-state index in [2.05, 4.69) is 18.2 Å². The SMILES string of the molecule is O=C(Cc1ccc(F)cc1)Cc1ccc2c(c1)CCC2. The molecule has 0 amide bonds. The number of benzene rings is 2. The first-order chi connectivity index (χ1) is 9.70. The van der Waals surface area contributed by atoms with Gasteiger partial charge in [0.05, 0.1) is 0 Å². The lowest BCUT2D eigenvalue weighted by Gasteiger charge is -2.05. The highest BCUT2D eigenvalue weighted by Crippen LogP contribution is 2.23. The zero-order valence-corrected chi connectivity index (χ0v) is 11.4. The van der Waals surface area contributed by atoms with Crippen LogP contribution in [0.3, 0.4) is 0 Å². The lowest BCUT2D eigenvalue weighted by Crippen LogP contribution is -2.07. The van der Waals surface area contributed by atoms with Crippen LogP contribution in [0.15, 0.2) is 42.5 Å². The van der Waals surface area contributed by atoms with Crippen LogP contribution in [-0.2, 0) is 30.5 Å². The number of carbonyl (C=O) groups is 1. The van der Waals surface area contributed by atoms with E-state index in [1.165, 1.54) is 36.1 Å². The minimum absolute atomic E-state index is 0.176. The number of rotatable bonds is 4. The summed E-state index contributed by atoms with van der Waals surface area (Å²) in [6, 6.07) is 12.5. The van der Waals surface area contributed by atoms with Gasteiger partial charge in [0.2, 0.25) is 0 Å². The van der Waals surface area contributed by atoms with Gasteiger partial charge in [-0.15, -0.1) is 0 Å². The van der Waals surface area contributed by atoms with Gasteiger partial charge in [0, 0.05) is 12.8 Å². The molecular weight excluding hydrogens is 251 g/mol. The molecule has 2 aromatic rings. The van der Waals surface area contributed by atoms with E-state index in [0.717, 1.165) is 17.5 Å². The molecule has 0 aromatic heterocycles. The van der Waals surface area contributed by atoms with E-state index in [1.807, 2.05) is 0 Å². The van der Waals surface area contributed by atoms with Crippen molar-refractivity contribution in [3.63, 3.8) is 0 Å². The number of carbonyl (C=O) groups excluding carboxylic acids is 1. The fourth-order valence-corrected chi connectivity index (χ4v) is 2.86. The van der Waals surface area contributed by atoms with Gasteiger partial charge in [0.1, 0.15) is 11.6 Å². The molecule has 1 nitrogen and oxygen atoms in total. The molecule has 0 atom stereocenters. The van der Waals surface area contributed by atoms with Crippen molar-refractivity contribution in [2.24, 2.45) is 0 Å². The second kappa shape index (κ2) is 5.58. The summed E-state index contributed by atoms with van der Waals surface area (Å²) in [6.45, 7) is 0. The fourth-order valence-electron chi connectivity index (χ4n) is 2.86. The molecule has 1 aliphatic carbocycles. The minimum atomic E-state index is -0.264. The highest BCUT2D eigenvalue weighted by molar-refractivity contribution is 5.83. The summed E-state index contributed by atoms with van der Waals surface area (Å²) in [5.74, 6) is -0.0885. The Hall–Kier alpha value is -1.96. The third kappa shape index (κ3) is 2.96. The Morgan fingerprint density at radius 3 is 2.35 bits per heavy atom. The maximum Gasteiger partial charge on any atom is 0.141 e. The van der Waals surface area contributed by atoms with Crippen LogP contribution in [0.1, 0.15) is 28.7 Å². The largest absolute Gasteiger partial charge is 0.299 e. The normalized spacial score (nSPS) is 13.2. The molecule has 20 heavy (non-hydrogen) atoms. The zero-order valence-electron chi connectivity index (χ0n) is 11.4. The van der Waals surface area contributed by atoms with Crippen molar-refractivity contribution in [2.45, 2.75) is 32.1 Å². The lowest BCUT2D eigenvalue weighted by atomic mass is 9.99. The smallest absolute Gasteiger partial charge is 0.141 e. The second-order valence-electron chi connectivity index (χ2n) is 5.48. The van der Waals surface area contributed by atoms with Crippen molar-refractivity contribution >= 4 is 5.78 Å².